The molecule has 11 heteroatoms. The molecule has 0 spiro atoms. The Morgan fingerprint density at radius 2 is 1.83 bits per heavy atom. The van der Waals surface area contributed by atoms with Crippen molar-refractivity contribution in [2.45, 2.75) is 101 Å². The molecule has 4 aromatic rings. The highest BCUT2D eigenvalue weighted by Gasteiger charge is 2.58. The molecule has 8 rings (SSSR count). The number of carbonyl (C=O) groups is 1. The van der Waals surface area contributed by atoms with Crippen LogP contribution in [0.4, 0.5) is 5.82 Å². The average Bonchev–Trinajstić information content (AvgIpc) is 3.42. The first-order valence-corrected chi connectivity index (χ1v) is 15.3. The van der Waals surface area contributed by atoms with Crippen molar-refractivity contribution >= 4 is 33.8 Å². The van der Waals surface area contributed by atoms with Crippen molar-refractivity contribution < 1.29 is 19.0 Å². The molecule has 42 heavy (non-hydrogen) atoms. The van der Waals surface area contributed by atoms with E-state index in [9.17, 15) is 4.79 Å². The first-order valence-electron chi connectivity index (χ1n) is 15.3. The molecule has 4 atom stereocenters. The Hall–Kier alpha value is -3.54. The summed E-state index contributed by atoms with van der Waals surface area (Å²) in [6, 6.07) is 9.54. The van der Waals surface area contributed by atoms with E-state index in [1.54, 1.807) is 6.33 Å². The van der Waals surface area contributed by atoms with Crippen LogP contribution in [0.2, 0.25) is 0 Å². The fourth-order valence-electron chi connectivity index (χ4n) is 6.97. The summed E-state index contributed by atoms with van der Waals surface area (Å²) in [4.78, 5) is 26.8. The normalized spacial score (nSPS) is 27.2. The van der Waals surface area contributed by atoms with E-state index in [2.05, 4.69) is 60.6 Å². The van der Waals surface area contributed by atoms with Gasteiger partial charge in [0, 0.05) is 35.7 Å². The summed E-state index contributed by atoms with van der Waals surface area (Å²) < 4.78 is 23.0. The second-order valence-corrected chi connectivity index (χ2v) is 12.5. The van der Waals surface area contributed by atoms with E-state index in [4.69, 9.17) is 14.2 Å². The number of benzene rings is 1. The van der Waals surface area contributed by atoms with Crippen molar-refractivity contribution in [3.63, 3.8) is 0 Å². The van der Waals surface area contributed by atoms with Gasteiger partial charge in [0.15, 0.2) is 35.1 Å². The molecule has 2 saturated carbocycles. The zero-order valence-corrected chi connectivity index (χ0v) is 24.0. The lowest BCUT2D eigenvalue weighted by molar-refractivity contribution is -0.197. The van der Waals surface area contributed by atoms with E-state index < -0.39 is 30.3 Å². The van der Waals surface area contributed by atoms with Crippen LogP contribution in [-0.4, -0.2) is 66.7 Å². The number of fused-ring (bicyclic) bond motifs is 3. The van der Waals surface area contributed by atoms with Gasteiger partial charge < -0.3 is 29.4 Å². The van der Waals surface area contributed by atoms with Gasteiger partial charge in [-0.2, -0.15) is 0 Å². The molecule has 4 fully saturated rings. The summed E-state index contributed by atoms with van der Waals surface area (Å²) in [6.45, 7) is 4.43. The number of imidazole rings is 1. The fraction of sp³-hybridized carbons (Fsp3) is 0.548. The molecule has 1 aromatic carbocycles. The van der Waals surface area contributed by atoms with Crippen LogP contribution in [0.5, 0.6) is 0 Å². The van der Waals surface area contributed by atoms with Crippen molar-refractivity contribution in [1.82, 2.24) is 29.4 Å². The van der Waals surface area contributed by atoms with Gasteiger partial charge in [0.25, 0.3) is 5.91 Å². The van der Waals surface area contributed by atoms with Crippen molar-refractivity contribution in [3.8, 4) is 0 Å². The number of aromatic nitrogens is 5. The highest BCUT2D eigenvalue weighted by atomic mass is 16.8. The van der Waals surface area contributed by atoms with Crippen molar-refractivity contribution in [2.24, 2.45) is 0 Å². The molecular formula is C31H37N7O4. The van der Waals surface area contributed by atoms with Gasteiger partial charge in [0.1, 0.15) is 18.5 Å². The number of rotatable bonds is 8. The van der Waals surface area contributed by atoms with Crippen LogP contribution in [0, 0.1) is 0 Å². The number of hydrogen-bond acceptors (Lipinski definition) is 8. The number of amides is 1. The molecule has 0 radical (unpaired) electrons. The van der Waals surface area contributed by atoms with Gasteiger partial charge in [0.05, 0.1) is 6.33 Å². The molecule has 2 N–H and O–H groups in total. The SMILES string of the molecule is CC1(C)O[C@@H]2[C@H](O1)[C@@H](C(=O)NC1CC1)O[C@H]2n1cnc2c(NCCc3cn(C4CCCC4)c4ccccc34)ncnc21. The summed E-state index contributed by atoms with van der Waals surface area (Å²) in [5.41, 5.74) is 3.92. The third-order valence-corrected chi connectivity index (χ3v) is 9.07. The Balaban J connectivity index is 1.02. The smallest absolute Gasteiger partial charge is 0.252 e. The predicted octanol–water partition coefficient (Wildman–Crippen LogP) is 4.25. The molecule has 4 aliphatic rings. The largest absolute Gasteiger partial charge is 0.368 e. The number of ether oxygens (including phenoxy) is 3. The first kappa shape index (κ1) is 26.1. The van der Waals surface area contributed by atoms with Crippen LogP contribution in [0.15, 0.2) is 43.1 Å². The summed E-state index contributed by atoms with van der Waals surface area (Å²) >= 11 is 0. The summed E-state index contributed by atoms with van der Waals surface area (Å²) in [5.74, 6) is -0.319. The van der Waals surface area contributed by atoms with Gasteiger partial charge >= 0.3 is 0 Å². The van der Waals surface area contributed by atoms with Gasteiger partial charge in [-0.15, -0.1) is 0 Å². The Bertz CT molecular complexity index is 1640. The minimum Gasteiger partial charge on any atom is -0.368 e. The van der Waals surface area contributed by atoms with E-state index in [0.717, 1.165) is 19.3 Å². The Kier molecular flexibility index (Phi) is 6.24. The second-order valence-electron chi connectivity index (χ2n) is 12.5. The predicted molar refractivity (Wildman–Crippen MR) is 156 cm³/mol. The monoisotopic (exact) mass is 571 g/mol. The van der Waals surface area contributed by atoms with Crippen molar-refractivity contribution in [2.75, 3.05) is 11.9 Å². The Morgan fingerprint density at radius 1 is 1.02 bits per heavy atom. The lowest BCUT2D eigenvalue weighted by atomic mass is 10.1. The van der Waals surface area contributed by atoms with Gasteiger partial charge in [-0.1, -0.05) is 31.0 Å². The third kappa shape index (κ3) is 4.54. The lowest BCUT2D eigenvalue weighted by Gasteiger charge is -2.24. The molecule has 2 aliphatic heterocycles. The molecule has 0 bridgehead atoms. The fourth-order valence-corrected chi connectivity index (χ4v) is 6.97. The van der Waals surface area contributed by atoms with Crippen molar-refractivity contribution in [3.05, 3.63) is 48.7 Å². The van der Waals surface area contributed by atoms with E-state index in [1.165, 1.54) is 48.5 Å². The number of para-hydroxylation sites is 1. The molecule has 1 amide bonds. The van der Waals surface area contributed by atoms with E-state index in [0.29, 0.717) is 29.6 Å². The van der Waals surface area contributed by atoms with Crippen molar-refractivity contribution in [1.29, 1.82) is 0 Å². The van der Waals surface area contributed by atoms with Gasteiger partial charge in [-0.25, -0.2) is 15.0 Å². The molecular weight excluding hydrogens is 534 g/mol. The second kappa shape index (κ2) is 10.0. The summed E-state index contributed by atoms with van der Waals surface area (Å²) in [6.07, 6.45) is 11.2. The Morgan fingerprint density at radius 3 is 2.67 bits per heavy atom. The Labute approximate surface area is 243 Å². The number of hydrogen-bond donors (Lipinski definition) is 2. The minimum absolute atomic E-state index is 0.160. The number of carbonyl (C=O) groups excluding carboxylic acids is 1. The summed E-state index contributed by atoms with van der Waals surface area (Å²) in [7, 11) is 0. The molecule has 5 heterocycles. The van der Waals surface area contributed by atoms with E-state index in [1.807, 2.05) is 18.4 Å². The van der Waals surface area contributed by atoms with Crippen LogP contribution in [0.25, 0.3) is 22.1 Å². The van der Waals surface area contributed by atoms with Crippen LogP contribution in [-0.2, 0) is 25.4 Å². The number of nitrogens with zero attached hydrogens (tertiary/aromatic N) is 5. The molecule has 0 unspecified atom stereocenters. The average molecular weight is 572 g/mol. The molecule has 11 nitrogen and oxygen atoms in total. The van der Waals surface area contributed by atoms with E-state index in [-0.39, 0.29) is 11.9 Å². The topological polar surface area (TPSA) is 117 Å². The highest BCUT2D eigenvalue weighted by Crippen LogP contribution is 2.44. The standard InChI is InChI=1S/C31H37N7O4/c1-31(2)41-24-25(29(39)36-19-11-12-19)40-30(26(24)42-31)38-17-35-23-27(33-16-34-28(23)38)32-14-13-18-15-37(20-7-3-4-8-20)22-10-6-5-9-21(18)22/h5-6,9-10,15-17,19-20,24-26,30H,3-4,7-8,11-14H2,1-2H3,(H,36,39)(H,32,33,34)/t24-,25+,26-,30-/m1/s1. The lowest BCUT2D eigenvalue weighted by Crippen LogP contribution is -2.43. The van der Waals surface area contributed by atoms with Gasteiger partial charge in [0.2, 0.25) is 0 Å². The quantitative estimate of drug-likeness (QED) is 0.323. The zero-order chi connectivity index (χ0) is 28.4. The molecule has 220 valence electrons. The zero-order valence-electron chi connectivity index (χ0n) is 24.0. The van der Waals surface area contributed by atoms with Crippen LogP contribution in [0.3, 0.4) is 0 Å². The highest BCUT2D eigenvalue weighted by molar-refractivity contribution is 5.85. The maximum absolute atomic E-state index is 13.0. The molecule has 2 saturated heterocycles. The summed E-state index contributed by atoms with van der Waals surface area (Å²) in [5, 5.41) is 7.87. The minimum atomic E-state index is -0.825. The number of anilines is 1. The maximum Gasteiger partial charge on any atom is 0.252 e. The van der Waals surface area contributed by atoms with Gasteiger partial charge in [-0.3, -0.25) is 9.36 Å². The maximum atomic E-state index is 13.0. The molecule has 3 aromatic heterocycles. The van der Waals surface area contributed by atoms with E-state index >= 15 is 0 Å². The number of nitrogens with one attached hydrogen (secondary N) is 2. The van der Waals surface area contributed by atoms with Crippen LogP contribution in [0.1, 0.15) is 70.2 Å². The van der Waals surface area contributed by atoms with Gasteiger partial charge in [-0.05, 0) is 57.6 Å². The third-order valence-electron chi connectivity index (χ3n) is 9.07. The van der Waals surface area contributed by atoms with Crippen LogP contribution >= 0.6 is 0 Å². The van der Waals surface area contributed by atoms with Crippen LogP contribution < -0.4 is 10.6 Å². The first-order chi connectivity index (χ1) is 20.4. The molecule has 2 aliphatic carbocycles.